The van der Waals surface area contributed by atoms with Gasteiger partial charge in [0.1, 0.15) is 4.90 Å². The molecule has 0 aliphatic heterocycles. The molecular weight excluding hydrogens is 240 g/mol. The summed E-state index contributed by atoms with van der Waals surface area (Å²) < 4.78 is 26.1. The van der Waals surface area contributed by atoms with Gasteiger partial charge in [-0.2, -0.15) is 4.31 Å². The van der Waals surface area contributed by atoms with E-state index in [0.29, 0.717) is 0 Å². The highest BCUT2D eigenvalue weighted by molar-refractivity contribution is 7.89. The van der Waals surface area contributed by atoms with E-state index in [4.69, 9.17) is 5.11 Å². The average molecular weight is 256 g/mol. The van der Waals surface area contributed by atoms with Crippen LogP contribution in [0.15, 0.2) is 29.4 Å². The molecule has 5 nitrogen and oxygen atoms in total. The number of hydrogen-bond donors (Lipinski definition) is 1. The van der Waals surface area contributed by atoms with Gasteiger partial charge in [0.15, 0.2) is 0 Å². The zero-order chi connectivity index (χ0) is 12.3. The molecule has 17 heavy (non-hydrogen) atoms. The molecule has 1 aromatic rings. The summed E-state index contributed by atoms with van der Waals surface area (Å²) in [6, 6.07) is 3.17. The molecular formula is C11H16N2O3S. The Hall–Kier alpha value is -0.980. The van der Waals surface area contributed by atoms with E-state index in [-0.39, 0.29) is 24.1 Å². The highest BCUT2D eigenvalue weighted by Gasteiger charge is 2.34. The molecule has 2 rings (SSSR count). The first-order chi connectivity index (χ1) is 8.16. The molecule has 0 amide bonds. The van der Waals surface area contributed by atoms with E-state index in [1.54, 1.807) is 12.3 Å². The summed E-state index contributed by atoms with van der Waals surface area (Å²) in [6.45, 7) is -0.00210. The van der Waals surface area contributed by atoms with Gasteiger partial charge in [-0.15, -0.1) is 0 Å². The Morgan fingerprint density at radius 3 is 2.71 bits per heavy atom. The third-order valence-corrected chi connectivity index (χ3v) is 4.98. The maximum Gasteiger partial charge on any atom is 0.244 e. The number of sulfonamides is 1. The highest BCUT2D eigenvalue weighted by Crippen LogP contribution is 2.29. The first-order valence-corrected chi connectivity index (χ1v) is 7.13. The molecule has 0 aromatic carbocycles. The normalized spacial score (nSPS) is 17.1. The fourth-order valence-electron chi connectivity index (χ4n) is 1.91. The lowest BCUT2D eigenvalue weighted by atomic mass is 9.93. The monoisotopic (exact) mass is 256 g/mol. The van der Waals surface area contributed by atoms with Gasteiger partial charge in [-0.05, 0) is 25.0 Å². The van der Waals surface area contributed by atoms with E-state index in [0.717, 1.165) is 19.3 Å². The quantitative estimate of drug-likeness (QED) is 0.838. The summed E-state index contributed by atoms with van der Waals surface area (Å²) in [5, 5.41) is 8.99. The second-order valence-electron chi connectivity index (χ2n) is 4.11. The van der Waals surface area contributed by atoms with E-state index in [2.05, 4.69) is 4.98 Å². The molecule has 1 aliphatic rings. The SMILES string of the molecule is O=S(=O)(c1cccnc1)N(CCO)C1CCC1. The van der Waals surface area contributed by atoms with Crippen LogP contribution in [0.1, 0.15) is 19.3 Å². The summed E-state index contributed by atoms with van der Waals surface area (Å²) >= 11 is 0. The van der Waals surface area contributed by atoms with Crippen molar-refractivity contribution in [3.8, 4) is 0 Å². The molecule has 0 spiro atoms. The smallest absolute Gasteiger partial charge is 0.244 e. The van der Waals surface area contributed by atoms with Gasteiger partial charge in [0.2, 0.25) is 10.0 Å². The van der Waals surface area contributed by atoms with Crippen molar-refractivity contribution in [1.82, 2.24) is 9.29 Å². The van der Waals surface area contributed by atoms with Crippen LogP contribution in [0.3, 0.4) is 0 Å². The molecule has 0 atom stereocenters. The molecule has 1 N–H and O–H groups in total. The van der Waals surface area contributed by atoms with E-state index >= 15 is 0 Å². The van der Waals surface area contributed by atoms with Crippen molar-refractivity contribution in [3.63, 3.8) is 0 Å². The molecule has 1 fully saturated rings. The van der Waals surface area contributed by atoms with E-state index < -0.39 is 10.0 Å². The minimum absolute atomic E-state index is 0.0346. The lowest BCUT2D eigenvalue weighted by Gasteiger charge is -2.36. The predicted octanol–water partition coefficient (Wildman–Crippen LogP) is 0.617. The van der Waals surface area contributed by atoms with Crippen LogP contribution in [0.5, 0.6) is 0 Å². The van der Waals surface area contributed by atoms with Gasteiger partial charge < -0.3 is 5.11 Å². The maximum atomic E-state index is 12.3. The molecule has 1 aliphatic carbocycles. The number of hydrogen-bond acceptors (Lipinski definition) is 4. The fraction of sp³-hybridized carbons (Fsp3) is 0.545. The van der Waals surface area contributed by atoms with Crippen molar-refractivity contribution < 1.29 is 13.5 Å². The summed E-state index contributed by atoms with van der Waals surface area (Å²) in [5.74, 6) is 0. The lowest BCUT2D eigenvalue weighted by Crippen LogP contribution is -2.45. The number of aliphatic hydroxyl groups excluding tert-OH is 1. The van der Waals surface area contributed by atoms with Gasteiger partial charge in [0, 0.05) is 25.0 Å². The van der Waals surface area contributed by atoms with Crippen LogP contribution in [-0.2, 0) is 10.0 Å². The summed E-state index contributed by atoms with van der Waals surface area (Å²) in [4.78, 5) is 4.02. The number of nitrogens with zero attached hydrogens (tertiary/aromatic N) is 2. The zero-order valence-corrected chi connectivity index (χ0v) is 10.3. The van der Waals surface area contributed by atoms with Gasteiger partial charge >= 0.3 is 0 Å². The molecule has 1 heterocycles. The minimum Gasteiger partial charge on any atom is -0.395 e. The van der Waals surface area contributed by atoms with Gasteiger partial charge in [0.05, 0.1) is 6.61 Å². The molecule has 1 saturated carbocycles. The maximum absolute atomic E-state index is 12.3. The first kappa shape index (κ1) is 12.5. The third kappa shape index (κ3) is 2.48. The van der Waals surface area contributed by atoms with Crippen molar-refractivity contribution in [2.75, 3.05) is 13.2 Å². The number of pyridine rings is 1. The van der Waals surface area contributed by atoms with Crippen LogP contribution >= 0.6 is 0 Å². The van der Waals surface area contributed by atoms with Gasteiger partial charge in [-0.25, -0.2) is 8.42 Å². The summed E-state index contributed by atoms with van der Waals surface area (Å²) in [6.07, 6.45) is 5.69. The van der Waals surface area contributed by atoms with Crippen LogP contribution < -0.4 is 0 Å². The zero-order valence-electron chi connectivity index (χ0n) is 9.49. The molecule has 0 saturated heterocycles. The van der Waals surface area contributed by atoms with Crippen LogP contribution in [-0.4, -0.2) is 42.0 Å². The van der Waals surface area contributed by atoms with Crippen molar-refractivity contribution in [2.45, 2.75) is 30.2 Å². The number of rotatable bonds is 5. The standard InChI is InChI=1S/C11H16N2O3S/c14-8-7-13(10-3-1-4-10)17(15,16)11-5-2-6-12-9-11/h2,5-6,9-10,14H,1,3-4,7-8H2. The Morgan fingerprint density at radius 1 is 1.47 bits per heavy atom. The fourth-order valence-corrected chi connectivity index (χ4v) is 3.55. The van der Waals surface area contributed by atoms with Gasteiger partial charge in [-0.1, -0.05) is 6.42 Å². The highest BCUT2D eigenvalue weighted by atomic mass is 32.2. The molecule has 1 aromatic heterocycles. The number of aromatic nitrogens is 1. The molecule has 6 heteroatoms. The number of aliphatic hydroxyl groups is 1. The second-order valence-corrected chi connectivity index (χ2v) is 6.00. The molecule has 0 radical (unpaired) electrons. The Morgan fingerprint density at radius 2 is 2.24 bits per heavy atom. The van der Waals surface area contributed by atoms with Crippen LogP contribution in [0.4, 0.5) is 0 Å². The molecule has 0 unspecified atom stereocenters. The largest absolute Gasteiger partial charge is 0.395 e. The van der Waals surface area contributed by atoms with Gasteiger partial charge in [0.25, 0.3) is 0 Å². The van der Waals surface area contributed by atoms with Crippen molar-refractivity contribution >= 4 is 10.0 Å². The third-order valence-electron chi connectivity index (χ3n) is 3.04. The second kappa shape index (κ2) is 5.12. The van der Waals surface area contributed by atoms with Crippen LogP contribution in [0.2, 0.25) is 0 Å². The van der Waals surface area contributed by atoms with Crippen LogP contribution in [0, 0.1) is 0 Å². The van der Waals surface area contributed by atoms with Crippen molar-refractivity contribution in [2.24, 2.45) is 0 Å². The molecule has 94 valence electrons. The predicted molar refractivity (Wildman–Crippen MR) is 62.9 cm³/mol. The average Bonchev–Trinajstić information content (AvgIpc) is 2.27. The Labute approximate surface area is 101 Å². The van der Waals surface area contributed by atoms with E-state index in [1.165, 1.54) is 16.6 Å². The van der Waals surface area contributed by atoms with Crippen molar-refractivity contribution in [3.05, 3.63) is 24.5 Å². The van der Waals surface area contributed by atoms with E-state index in [9.17, 15) is 8.42 Å². The minimum atomic E-state index is -3.51. The summed E-state index contributed by atoms with van der Waals surface area (Å²) in [7, 11) is -3.51. The molecule has 0 bridgehead atoms. The summed E-state index contributed by atoms with van der Waals surface area (Å²) in [5.41, 5.74) is 0. The van der Waals surface area contributed by atoms with Crippen LogP contribution in [0.25, 0.3) is 0 Å². The van der Waals surface area contributed by atoms with E-state index in [1.807, 2.05) is 0 Å². The Balaban J connectivity index is 2.28. The van der Waals surface area contributed by atoms with Crippen molar-refractivity contribution in [1.29, 1.82) is 0 Å². The first-order valence-electron chi connectivity index (χ1n) is 5.69. The topological polar surface area (TPSA) is 70.5 Å². The van der Waals surface area contributed by atoms with Gasteiger partial charge in [-0.3, -0.25) is 4.98 Å². The Kier molecular flexibility index (Phi) is 3.76. The lowest BCUT2D eigenvalue weighted by molar-refractivity contribution is 0.178. The Bertz CT molecular complexity index is 457.